The highest BCUT2D eigenvalue weighted by atomic mass is 19.1. The van der Waals surface area contributed by atoms with E-state index >= 15 is 0 Å². The maximum atomic E-state index is 13.5. The average Bonchev–Trinajstić information content (AvgIpc) is 2.35. The van der Waals surface area contributed by atoms with Crippen molar-refractivity contribution >= 4 is 17.7 Å². The van der Waals surface area contributed by atoms with Crippen LogP contribution in [0.1, 0.15) is 25.3 Å². The van der Waals surface area contributed by atoms with Crippen molar-refractivity contribution in [3.63, 3.8) is 0 Å². The monoisotopic (exact) mass is 286 g/mol. The van der Waals surface area contributed by atoms with Gasteiger partial charge >= 0.3 is 12.0 Å². The van der Waals surface area contributed by atoms with Crippen LogP contribution in [0.25, 0.3) is 0 Å². The molecule has 1 atom stereocenters. The van der Waals surface area contributed by atoms with Gasteiger partial charge in [0.15, 0.2) is 0 Å². The van der Waals surface area contributed by atoms with E-state index in [1.807, 2.05) is 0 Å². The van der Waals surface area contributed by atoms with Crippen molar-refractivity contribution in [1.29, 1.82) is 0 Å². The van der Waals surface area contributed by atoms with Crippen LogP contribution >= 0.6 is 0 Å². The van der Waals surface area contributed by atoms with Crippen LogP contribution in [0.3, 0.4) is 0 Å². The lowest BCUT2D eigenvalue weighted by Gasteiger charge is -2.14. The molecule has 0 aliphatic rings. The number of urea groups is 1. The minimum Gasteiger partial charge on any atom is -0.480 e. The number of nitrogens with one attached hydrogen (secondary N) is 2. The van der Waals surface area contributed by atoms with E-state index in [1.54, 1.807) is 6.92 Å². The number of hydrogen-bond acceptors (Lipinski definition) is 2. The van der Waals surface area contributed by atoms with Gasteiger partial charge in [0.05, 0.1) is 5.69 Å². The van der Waals surface area contributed by atoms with Gasteiger partial charge in [-0.2, -0.15) is 0 Å². The Kier molecular flexibility index (Phi) is 5.42. The van der Waals surface area contributed by atoms with E-state index in [1.165, 1.54) is 6.92 Å². The summed E-state index contributed by atoms with van der Waals surface area (Å²) in [6.07, 6.45) is 0.804. The molecule has 0 saturated carbocycles. The molecule has 20 heavy (non-hydrogen) atoms. The predicted octanol–water partition coefficient (Wildman–Crippen LogP) is 2.65. The molecule has 0 unspecified atom stereocenters. The third-order valence-corrected chi connectivity index (χ3v) is 2.68. The number of carbonyl (C=O) groups excluding carboxylic acids is 1. The lowest BCUT2D eigenvalue weighted by molar-refractivity contribution is -0.139. The maximum absolute atomic E-state index is 13.5. The Balaban J connectivity index is 2.75. The standard InChI is InChI=1S/C13H16F2N2O3/c1-3-4-10(12(18)19)16-13(20)17-11-6-8(14)7(2)5-9(11)15/h5-6,10H,3-4H2,1-2H3,(H,18,19)(H2,16,17,20)/t10-/m1/s1. The summed E-state index contributed by atoms with van der Waals surface area (Å²) >= 11 is 0. The van der Waals surface area contributed by atoms with Crippen LogP contribution in [0.15, 0.2) is 12.1 Å². The van der Waals surface area contributed by atoms with Crippen LogP contribution in [0.5, 0.6) is 0 Å². The summed E-state index contributed by atoms with van der Waals surface area (Å²) in [5, 5.41) is 13.2. The van der Waals surface area contributed by atoms with Crippen molar-refractivity contribution in [3.05, 3.63) is 29.3 Å². The van der Waals surface area contributed by atoms with E-state index in [2.05, 4.69) is 10.6 Å². The summed E-state index contributed by atoms with van der Waals surface area (Å²) in [7, 11) is 0. The van der Waals surface area contributed by atoms with Gasteiger partial charge in [-0.15, -0.1) is 0 Å². The minimum atomic E-state index is -1.18. The van der Waals surface area contributed by atoms with Gasteiger partial charge < -0.3 is 15.7 Å². The van der Waals surface area contributed by atoms with E-state index in [-0.39, 0.29) is 17.7 Å². The van der Waals surface area contributed by atoms with Gasteiger partial charge in [0.2, 0.25) is 0 Å². The van der Waals surface area contributed by atoms with Gasteiger partial charge in [-0.3, -0.25) is 0 Å². The van der Waals surface area contributed by atoms with E-state index < -0.39 is 29.7 Å². The molecule has 2 amide bonds. The largest absolute Gasteiger partial charge is 0.480 e. The van der Waals surface area contributed by atoms with Crippen LogP contribution in [-0.2, 0) is 4.79 Å². The third kappa shape index (κ3) is 4.18. The first-order valence-corrected chi connectivity index (χ1v) is 6.11. The Morgan fingerprint density at radius 1 is 1.30 bits per heavy atom. The second kappa shape index (κ2) is 6.83. The second-order valence-corrected chi connectivity index (χ2v) is 4.36. The molecule has 0 spiro atoms. The molecule has 7 heteroatoms. The van der Waals surface area contributed by atoms with E-state index in [4.69, 9.17) is 5.11 Å². The SMILES string of the molecule is CCC[C@@H](NC(=O)Nc1cc(F)c(C)cc1F)C(=O)O. The summed E-state index contributed by atoms with van der Waals surface area (Å²) in [5.74, 6) is -2.64. The highest BCUT2D eigenvalue weighted by Gasteiger charge is 2.19. The molecular weight excluding hydrogens is 270 g/mol. The highest BCUT2D eigenvalue weighted by molar-refractivity contribution is 5.92. The zero-order chi connectivity index (χ0) is 15.3. The Morgan fingerprint density at radius 3 is 2.50 bits per heavy atom. The Bertz CT molecular complexity index is 521. The summed E-state index contributed by atoms with van der Waals surface area (Å²) in [6.45, 7) is 3.16. The number of anilines is 1. The van der Waals surface area contributed by atoms with Gasteiger partial charge in [0.25, 0.3) is 0 Å². The highest BCUT2D eigenvalue weighted by Crippen LogP contribution is 2.18. The van der Waals surface area contributed by atoms with Crippen molar-refractivity contribution in [2.24, 2.45) is 0 Å². The van der Waals surface area contributed by atoms with E-state index in [9.17, 15) is 18.4 Å². The first kappa shape index (κ1) is 15.9. The number of carboxylic acid groups (broad SMARTS) is 1. The number of carbonyl (C=O) groups is 2. The average molecular weight is 286 g/mol. The fraction of sp³-hybridized carbons (Fsp3) is 0.385. The molecule has 0 aliphatic carbocycles. The number of hydrogen-bond donors (Lipinski definition) is 3. The zero-order valence-corrected chi connectivity index (χ0v) is 11.2. The number of carboxylic acids is 1. The molecule has 0 bridgehead atoms. The maximum Gasteiger partial charge on any atom is 0.326 e. The molecule has 0 radical (unpaired) electrons. The molecule has 0 fully saturated rings. The van der Waals surface area contributed by atoms with Crippen molar-refractivity contribution in [2.45, 2.75) is 32.7 Å². The lowest BCUT2D eigenvalue weighted by Crippen LogP contribution is -2.43. The predicted molar refractivity (Wildman–Crippen MR) is 69.6 cm³/mol. The smallest absolute Gasteiger partial charge is 0.326 e. The molecule has 0 heterocycles. The van der Waals surface area contributed by atoms with Crippen molar-refractivity contribution in [1.82, 2.24) is 5.32 Å². The van der Waals surface area contributed by atoms with Crippen LogP contribution in [0.2, 0.25) is 0 Å². The number of aryl methyl sites for hydroxylation is 1. The summed E-state index contributed by atoms with van der Waals surface area (Å²) in [6, 6.07) is -0.169. The Labute approximate surface area is 115 Å². The lowest BCUT2D eigenvalue weighted by atomic mass is 10.2. The van der Waals surface area contributed by atoms with Crippen molar-refractivity contribution < 1.29 is 23.5 Å². The summed E-state index contributed by atoms with van der Waals surface area (Å²) in [5.41, 5.74) is -0.228. The van der Waals surface area contributed by atoms with Gasteiger partial charge in [-0.1, -0.05) is 13.3 Å². The Morgan fingerprint density at radius 2 is 1.95 bits per heavy atom. The molecule has 1 rings (SSSR count). The molecule has 5 nitrogen and oxygen atoms in total. The number of aliphatic carboxylic acids is 1. The number of benzene rings is 1. The van der Waals surface area contributed by atoms with E-state index in [0.717, 1.165) is 12.1 Å². The van der Waals surface area contributed by atoms with Gasteiger partial charge in [-0.05, 0) is 25.0 Å². The quantitative estimate of drug-likeness (QED) is 0.778. The van der Waals surface area contributed by atoms with Crippen LogP contribution in [-0.4, -0.2) is 23.1 Å². The van der Waals surface area contributed by atoms with Crippen molar-refractivity contribution in [2.75, 3.05) is 5.32 Å². The summed E-state index contributed by atoms with van der Waals surface area (Å²) in [4.78, 5) is 22.4. The van der Waals surface area contributed by atoms with Crippen molar-refractivity contribution in [3.8, 4) is 0 Å². The fourth-order valence-corrected chi connectivity index (χ4v) is 1.60. The Hall–Kier alpha value is -2.18. The van der Waals surface area contributed by atoms with Crippen LogP contribution < -0.4 is 10.6 Å². The second-order valence-electron chi connectivity index (χ2n) is 4.36. The number of rotatable bonds is 5. The molecule has 110 valence electrons. The molecule has 3 N–H and O–H groups in total. The first-order valence-electron chi connectivity index (χ1n) is 6.11. The van der Waals surface area contributed by atoms with Gasteiger partial charge in [-0.25, -0.2) is 18.4 Å². The van der Waals surface area contributed by atoms with Gasteiger partial charge in [0.1, 0.15) is 17.7 Å². The summed E-state index contributed by atoms with van der Waals surface area (Å²) < 4.78 is 26.8. The van der Waals surface area contributed by atoms with Gasteiger partial charge in [0, 0.05) is 6.07 Å². The fourth-order valence-electron chi connectivity index (χ4n) is 1.60. The molecule has 1 aromatic carbocycles. The number of amides is 2. The van der Waals surface area contributed by atoms with Crippen LogP contribution in [0.4, 0.5) is 19.3 Å². The first-order chi connectivity index (χ1) is 9.35. The zero-order valence-electron chi connectivity index (χ0n) is 11.2. The molecule has 1 aromatic rings. The molecule has 0 aliphatic heterocycles. The molecular formula is C13H16F2N2O3. The number of halogens is 2. The molecule has 0 aromatic heterocycles. The minimum absolute atomic E-state index is 0.114. The third-order valence-electron chi connectivity index (χ3n) is 2.68. The molecule has 0 saturated heterocycles. The van der Waals surface area contributed by atoms with Crippen LogP contribution in [0, 0.1) is 18.6 Å². The topological polar surface area (TPSA) is 78.4 Å². The van der Waals surface area contributed by atoms with E-state index in [0.29, 0.717) is 6.42 Å². The normalized spacial score (nSPS) is 11.8.